The van der Waals surface area contributed by atoms with Crippen molar-refractivity contribution in [1.82, 2.24) is 10.2 Å². The van der Waals surface area contributed by atoms with E-state index < -0.39 is 0 Å². The van der Waals surface area contributed by atoms with Crippen LogP contribution in [0.5, 0.6) is 0 Å². The van der Waals surface area contributed by atoms with Crippen molar-refractivity contribution < 1.29 is 0 Å². The van der Waals surface area contributed by atoms with Gasteiger partial charge in [0.15, 0.2) is 5.96 Å². The molecule has 1 fully saturated rings. The van der Waals surface area contributed by atoms with E-state index in [2.05, 4.69) is 42.9 Å². The van der Waals surface area contributed by atoms with Gasteiger partial charge < -0.3 is 16.0 Å². The molecule has 1 aliphatic rings. The lowest BCUT2D eigenvalue weighted by Crippen LogP contribution is -2.37. The van der Waals surface area contributed by atoms with Crippen molar-refractivity contribution in [2.45, 2.75) is 53.4 Å². The molecule has 0 aromatic rings. The Labute approximate surface area is 154 Å². The number of halogens is 1. The van der Waals surface area contributed by atoms with Crippen LogP contribution in [-0.2, 0) is 0 Å². The Morgan fingerprint density at radius 2 is 1.73 bits per heavy atom. The molecule has 0 bridgehead atoms. The van der Waals surface area contributed by atoms with Gasteiger partial charge in [0.05, 0.1) is 0 Å². The van der Waals surface area contributed by atoms with Gasteiger partial charge in [0, 0.05) is 13.1 Å². The molecule has 1 aliphatic heterocycles. The van der Waals surface area contributed by atoms with Crippen LogP contribution in [-0.4, -0.2) is 43.6 Å². The maximum Gasteiger partial charge on any atom is 0.188 e. The highest BCUT2D eigenvalue weighted by Crippen LogP contribution is 2.18. The van der Waals surface area contributed by atoms with Crippen molar-refractivity contribution in [3.63, 3.8) is 0 Å². The Bertz CT molecular complexity index is 297. The summed E-state index contributed by atoms with van der Waals surface area (Å²) < 4.78 is 0. The van der Waals surface area contributed by atoms with Crippen LogP contribution in [0, 0.1) is 17.8 Å². The number of piperidine rings is 1. The van der Waals surface area contributed by atoms with Crippen molar-refractivity contribution in [3.8, 4) is 0 Å². The lowest BCUT2D eigenvalue weighted by molar-refractivity contribution is 0.180. The van der Waals surface area contributed by atoms with Gasteiger partial charge in [-0.05, 0) is 63.1 Å². The zero-order chi connectivity index (χ0) is 15.7. The minimum absolute atomic E-state index is 0. The predicted octanol–water partition coefficient (Wildman–Crippen LogP) is 3.31. The van der Waals surface area contributed by atoms with E-state index in [1.165, 1.54) is 38.9 Å². The van der Waals surface area contributed by atoms with Crippen LogP contribution in [0.1, 0.15) is 53.4 Å². The largest absolute Gasteiger partial charge is 0.370 e. The van der Waals surface area contributed by atoms with Crippen molar-refractivity contribution >= 4 is 29.9 Å². The van der Waals surface area contributed by atoms with Crippen LogP contribution in [0.2, 0.25) is 0 Å². The standard InChI is InChI=1S/C17H36N4.HI/c1-14(2)5-9-19-17(18)20-13-16-7-11-21(12-8-16)10-6-15(3)4;/h14-16H,5-13H2,1-4H3,(H3,18,19,20);1H. The molecular formula is C17H37IN4. The third kappa shape index (κ3) is 10.6. The molecule has 0 aromatic heterocycles. The van der Waals surface area contributed by atoms with Gasteiger partial charge in [-0.3, -0.25) is 4.99 Å². The van der Waals surface area contributed by atoms with Crippen molar-refractivity contribution in [3.05, 3.63) is 0 Å². The van der Waals surface area contributed by atoms with Crippen molar-refractivity contribution in [1.29, 1.82) is 0 Å². The van der Waals surface area contributed by atoms with E-state index in [-0.39, 0.29) is 24.0 Å². The molecule has 0 radical (unpaired) electrons. The predicted molar refractivity (Wildman–Crippen MR) is 108 cm³/mol. The molecule has 0 unspecified atom stereocenters. The zero-order valence-corrected chi connectivity index (χ0v) is 17.3. The van der Waals surface area contributed by atoms with E-state index >= 15 is 0 Å². The number of aliphatic imine (C=N–C) groups is 1. The maximum atomic E-state index is 5.91. The summed E-state index contributed by atoms with van der Waals surface area (Å²) in [6.45, 7) is 14.6. The Morgan fingerprint density at radius 3 is 2.27 bits per heavy atom. The van der Waals surface area contributed by atoms with Gasteiger partial charge in [-0.2, -0.15) is 0 Å². The first-order chi connectivity index (χ1) is 9.97. The normalized spacial score (nSPS) is 17.8. The number of guanidine groups is 1. The molecule has 4 nitrogen and oxygen atoms in total. The van der Waals surface area contributed by atoms with Gasteiger partial charge in [-0.25, -0.2) is 0 Å². The van der Waals surface area contributed by atoms with Gasteiger partial charge in [0.2, 0.25) is 0 Å². The molecule has 0 spiro atoms. The van der Waals surface area contributed by atoms with Gasteiger partial charge in [0.25, 0.3) is 0 Å². The third-order valence-electron chi connectivity index (χ3n) is 4.28. The minimum atomic E-state index is 0. The fourth-order valence-electron chi connectivity index (χ4n) is 2.61. The van der Waals surface area contributed by atoms with Crippen LogP contribution in [0.25, 0.3) is 0 Å². The van der Waals surface area contributed by atoms with Crippen LogP contribution in [0.3, 0.4) is 0 Å². The first kappa shape index (κ1) is 22.0. The average Bonchev–Trinajstić information content (AvgIpc) is 2.43. The fourth-order valence-corrected chi connectivity index (χ4v) is 2.61. The Hall–Kier alpha value is -0.0400. The number of hydrogen-bond donors (Lipinski definition) is 2. The molecule has 0 aliphatic carbocycles. The molecule has 1 saturated heterocycles. The third-order valence-corrected chi connectivity index (χ3v) is 4.28. The minimum Gasteiger partial charge on any atom is -0.370 e. The lowest BCUT2D eigenvalue weighted by Gasteiger charge is -2.31. The molecular weight excluding hydrogens is 387 g/mol. The number of nitrogens with two attached hydrogens (primary N) is 1. The maximum absolute atomic E-state index is 5.91. The zero-order valence-electron chi connectivity index (χ0n) is 15.0. The number of likely N-dealkylation sites (tertiary alicyclic amines) is 1. The average molecular weight is 424 g/mol. The number of hydrogen-bond acceptors (Lipinski definition) is 2. The summed E-state index contributed by atoms with van der Waals surface area (Å²) in [5.74, 6) is 2.85. The van der Waals surface area contributed by atoms with Crippen LogP contribution in [0.15, 0.2) is 4.99 Å². The molecule has 132 valence electrons. The fraction of sp³-hybridized carbons (Fsp3) is 0.941. The second kappa shape index (κ2) is 12.4. The van der Waals surface area contributed by atoms with E-state index in [0.29, 0.717) is 17.8 Å². The topological polar surface area (TPSA) is 53.6 Å². The van der Waals surface area contributed by atoms with Gasteiger partial charge in [-0.15, -0.1) is 24.0 Å². The van der Waals surface area contributed by atoms with E-state index in [4.69, 9.17) is 5.73 Å². The first-order valence-electron chi connectivity index (χ1n) is 8.73. The van der Waals surface area contributed by atoms with E-state index in [1.54, 1.807) is 0 Å². The van der Waals surface area contributed by atoms with E-state index in [9.17, 15) is 0 Å². The molecule has 0 atom stereocenters. The molecule has 1 heterocycles. The van der Waals surface area contributed by atoms with Crippen molar-refractivity contribution in [2.75, 3.05) is 32.7 Å². The van der Waals surface area contributed by atoms with Crippen LogP contribution in [0.4, 0.5) is 0 Å². The summed E-state index contributed by atoms with van der Waals surface area (Å²) in [5.41, 5.74) is 5.91. The number of rotatable bonds is 8. The SMILES string of the molecule is CC(C)CCNC(N)=NCC1CCN(CCC(C)C)CC1.I. The molecule has 1 rings (SSSR count). The smallest absolute Gasteiger partial charge is 0.188 e. The quantitative estimate of drug-likeness (QED) is 0.357. The van der Waals surface area contributed by atoms with Crippen LogP contribution < -0.4 is 11.1 Å². The monoisotopic (exact) mass is 424 g/mol. The van der Waals surface area contributed by atoms with Crippen LogP contribution >= 0.6 is 24.0 Å². The summed E-state index contributed by atoms with van der Waals surface area (Å²) in [7, 11) is 0. The summed E-state index contributed by atoms with van der Waals surface area (Å²) in [5, 5.41) is 3.21. The second-order valence-corrected chi connectivity index (χ2v) is 7.30. The van der Waals surface area contributed by atoms with Gasteiger partial charge in [0.1, 0.15) is 0 Å². The highest BCUT2D eigenvalue weighted by molar-refractivity contribution is 14.0. The van der Waals surface area contributed by atoms with Crippen molar-refractivity contribution in [2.24, 2.45) is 28.5 Å². The molecule has 22 heavy (non-hydrogen) atoms. The summed E-state index contributed by atoms with van der Waals surface area (Å²) in [4.78, 5) is 7.11. The Morgan fingerprint density at radius 1 is 1.14 bits per heavy atom. The number of nitrogens with zero attached hydrogens (tertiary/aromatic N) is 2. The molecule has 0 amide bonds. The van der Waals surface area contributed by atoms with E-state index in [0.717, 1.165) is 25.4 Å². The Balaban J connectivity index is 0.00000441. The summed E-state index contributed by atoms with van der Waals surface area (Å²) >= 11 is 0. The summed E-state index contributed by atoms with van der Waals surface area (Å²) in [6.07, 6.45) is 4.99. The first-order valence-corrected chi connectivity index (χ1v) is 8.73. The van der Waals surface area contributed by atoms with E-state index in [1.807, 2.05) is 0 Å². The second-order valence-electron chi connectivity index (χ2n) is 7.30. The molecule has 0 saturated carbocycles. The highest BCUT2D eigenvalue weighted by atomic mass is 127. The summed E-state index contributed by atoms with van der Waals surface area (Å²) in [6, 6.07) is 0. The molecule has 3 N–H and O–H groups in total. The van der Waals surface area contributed by atoms with Gasteiger partial charge >= 0.3 is 0 Å². The lowest BCUT2D eigenvalue weighted by atomic mass is 9.96. The van der Waals surface area contributed by atoms with Gasteiger partial charge in [-0.1, -0.05) is 27.7 Å². The molecule has 0 aromatic carbocycles. The Kier molecular flexibility index (Phi) is 12.4. The number of nitrogens with one attached hydrogen (secondary N) is 1. The molecule has 5 heteroatoms. The highest BCUT2D eigenvalue weighted by Gasteiger charge is 2.18.